The molecule has 0 aliphatic rings. The van der Waals surface area contributed by atoms with Gasteiger partial charge in [0.05, 0.1) is 11.9 Å². The van der Waals surface area contributed by atoms with Gasteiger partial charge in [0.25, 0.3) is 0 Å². The Kier molecular flexibility index (Phi) is 8.34. The van der Waals surface area contributed by atoms with Crippen LogP contribution in [0.1, 0.15) is 18.1 Å². The highest BCUT2D eigenvalue weighted by molar-refractivity contribution is 7.92. The summed E-state index contributed by atoms with van der Waals surface area (Å²) in [5.74, 6) is -0.934. The fourth-order valence-electron chi connectivity index (χ4n) is 3.06. The van der Waals surface area contributed by atoms with Crippen LogP contribution in [0.5, 0.6) is 0 Å². The molecule has 0 unspecified atom stereocenters. The van der Waals surface area contributed by atoms with Crippen molar-refractivity contribution in [3.8, 4) is 0 Å². The molecular formula is C21H25Cl2N3O4S. The van der Waals surface area contributed by atoms with Crippen molar-refractivity contribution < 1.29 is 18.0 Å². The van der Waals surface area contributed by atoms with E-state index < -0.39 is 28.5 Å². The van der Waals surface area contributed by atoms with Crippen molar-refractivity contribution >= 4 is 50.7 Å². The number of nitrogens with zero attached hydrogens (tertiary/aromatic N) is 2. The average molecular weight is 486 g/mol. The third-order valence-electron chi connectivity index (χ3n) is 4.83. The molecule has 0 saturated heterocycles. The third-order valence-corrected chi connectivity index (χ3v) is 6.55. The lowest BCUT2D eigenvalue weighted by molar-refractivity contribution is -0.139. The number of hydrogen-bond acceptors (Lipinski definition) is 4. The molecule has 0 heterocycles. The fourth-order valence-corrected chi connectivity index (χ4v) is 4.44. The molecule has 0 aromatic heterocycles. The number of carbonyl (C=O) groups is 2. The van der Waals surface area contributed by atoms with E-state index in [1.807, 2.05) is 0 Å². The van der Waals surface area contributed by atoms with Gasteiger partial charge in [-0.1, -0.05) is 47.5 Å². The zero-order valence-corrected chi connectivity index (χ0v) is 20.1. The van der Waals surface area contributed by atoms with Crippen LogP contribution >= 0.6 is 23.2 Å². The summed E-state index contributed by atoms with van der Waals surface area (Å²) in [4.78, 5) is 26.9. The monoisotopic (exact) mass is 485 g/mol. The molecule has 1 atom stereocenters. The number of aryl methyl sites for hydroxylation is 1. The summed E-state index contributed by atoms with van der Waals surface area (Å²) < 4.78 is 26.0. The predicted molar refractivity (Wildman–Crippen MR) is 124 cm³/mol. The van der Waals surface area contributed by atoms with Gasteiger partial charge in [-0.25, -0.2) is 8.42 Å². The van der Waals surface area contributed by atoms with Gasteiger partial charge in [0.2, 0.25) is 21.8 Å². The Bertz CT molecular complexity index is 1080. The van der Waals surface area contributed by atoms with E-state index in [9.17, 15) is 18.0 Å². The van der Waals surface area contributed by atoms with Crippen molar-refractivity contribution in [3.63, 3.8) is 0 Å². The van der Waals surface area contributed by atoms with Crippen LogP contribution in [0, 0.1) is 6.92 Å². The quantitative estimate of drug-likeness (QED) is 0.621. The zero-order chi connectivity index (χ0) is 23.3. The molecule has 0 spiro atoms. The van der Waals surface area contributed by atoms with Gasteiger partial charge < -0.3 is 10.2 Å². The van der Waals surface area contributed by atoms with E-state index in [-0.39, 0.29) is 12.5 Å². The number of anilines is 1. The van der Waals surface area contributed by atoms with Gasteiger partial charge >= 0.3 is 0 Å². The minimum atomic E-state index is -3.77. The van der Waals surface area contributed by atoms with Gasteiger partial charge in [0, 0.05) is 23.6 Å². The molecule has 168 valence electrons. The highest BCUT2D eigenvalue weighted by Crippen LogP contribution is 2.25. The SMILES string of the molecule is CNC(=O)[C@@H](C)N(Cc1ccc(Cl)cc1Cl)C(=O)CN(c1ccccc1C)S(C)(=O)=O. The third kappa shape index (κ3) is 6.35. The molecule has 0 fully saturated rings. The summed E-state index contributed by atoms with van der Waals surface area (Å²) >= 11 is 12.2. The van der Waals surface area contributed by atoms with Crippen molar-refractivity contribution in [3.05, 3.63) is 63.6 Å². The average Bonchev–Trinajstić information content (AvgIpc) is 2.70. The van der Waals surface area contributed by atoms with Crippen molar-refractivity contribution in [1.82, 2.24) is 10.2 Å². The van der Waals surface area contributed by atoms with Crippen LogP contribution in [0.4, 0.5) is 5.69 Å². The molecule has 2 aromatic rings. The first-order valence-electron chi connectivity index (χ1n) is 9.44. The molecule has 0 aliphatic carbocycles. The molecule has 1 N–H and O–H groups in total. The molecular weight excluding hydrogens is 461 g/mol. The molecule has 0 bridgehead atoms. The number of para-hydroxylation sites is 1. The number of benzene rings is 2. The second-order valence-corrected chi connectivity index (χ2v) is 9.85. The number of likely N-dealkylation sites (N-methyl/N-ethyl adjacent to an activating group) is 1. The highest BCUT2D eigenvalue weighted by Gasteiger charge is 2.30. The number of amides is 2. The molecule has 0 saturated carbocycles. The first kappa shape index (κ1) is 25.0. The first-order valence-corrected chi connectivity index (χ1v) is 12.0. The Morgan fingerprint density at radius 2 is 1.77 bits per heavy atom. The van der Waals surface area contributed by atoms with Gasteiger partial charge in [0.15, 0.2) is 0 Å². The summed E-state index contributed by atoms with van der Waals surface area (Å²) in [6.07, 6.45) is 1.04. The molecule has 2 amide bonds. The Hall–Kier alpha value is -2.29. The minimum absolute atomic E-state index is 0.00873. The molecule has 2 rings (SSSR count). The second-order valence-electron chi connectivity index (χ2n) is 7.10. The normalized spacial score (nSPS) is 12.2. The van der Waals surface area contributed by atoms with Crippen molar-refractivity contribution in [2.45, 2.75) is 26.4 Å². The van der Waals surface area contributed by atoms with Crippen molar-refractivity contribution in [2.75, 3.05) is 24.2 Å². The summed E-state index contributed by atoms with van der Waals surface area (Å²) in [5, 5.41) is 3.29. The molecule has 2 aromatic carbocycles. The largest absolute Gasteiger partial charge is 0.357 e. The Labute approximate surface area is 193 Å². The van der Waals surface area contributed by atoms with Crippen LogP contribution < -0.4 is 9.62 Å². The van der Waals surface area contributed by atoms with E-state index in [0.29, 0.717) is 26.9 Å². The Morgan fingerprint density at radius 1 is 1.13 bits per heavy atom. The van der Waals surface area contributed by atoms with E-state index in [0.717, 1.165) is 10.6 Å². The number of sulfonamides is 1. The lowest BCUT2D eigenvalue weighted by Crippen LogP contribution is -2.50. The Balaban J connectivity index is 2.43. The molecule has 10 heteroatoms. The van der Waals surface area contributed by atoms with Crippen LogP contribution in [0.15, 0.2) is 42.5 Å². The van der Waals surface area contributed by atoms with E-state index in [1.165, 1.54) is 11.9 Å². The maximum absolute atomic E-state index is 13.3. The van der Waals surface area contributed by atoms with Crippen LogP contribution in [0.3, 0.4) is 0 Å². The second kappa shape index (κ2) is 10.3. The van der Waals surface area contributed by atoms with Crippen LogP contribution in [0.2, 0.25) is 10.0 Å². The molecule has 0 radical (unpaired) electrons. The predicted octanol–water partition coefficient (Wildman–Crippen LogP) is 3.23. The maximum atomic E-state index is 13.3. The molecule has 31 heavy (non-hydrogen) atoms. The van der Waals surface area contributed by atoms with Gasteiger partial charge in [0.1, 0.15) is 12.6 Å². The smallest absolute Gasteiger partial charge is 0.244 e. The minimum Gasteiger partial charge on any atom is -0.357 e. The van der Waals surface area contributed by atoms with Crippen molar-refractivity contribution in [2.24, 2.45) is 0 Å². The van der Waals surface area contributed by atoms with Gasteiger partial charge in [-0.3, -0.25) is 13.9 Å². The molecule has 7 nitrogen and oxygen atoms in total. The first-order chi connectivity index (χ1) is 14.5. The van der Waals surface area contributed by atoms with Gasteiger partial charge in [-0.05, 0) is 43.2 Å². The summed E-state index contributed by atoms with van der Waals surface area (Å²) in [6.45, 7) is 2.88. The van der Waals surface area contributed by atoms with Crippen molar-refractivity contribution in [1.29, 1.82) is 0 Å². The number of halogens is 2. The lowest BCUT2D eigenvalue weighted by atomic mass is 10.1. The maximum Gasteiger partial charge on any atom is 0.244 e. The molecule has 0 aliphatic heterocycles. The fraction of sp³-hybridized carbons (Fsp3) is 0.333. The van der Waals surface area contributed by atoms with Crippen LogP contribution in [-0.4, -0.2) is 51.0 Å². The zero-order valence-electron chi connectivity index (χ0n) is 17.7. The van der Waals surface area contributed by atoms with E-state index >= 15 is 0 Å². The summed E-state index contributed by atoms with van der Waals surface area (Å²) in [7, 11) is -2.30. The topological polar surface area (TPSA) is 86.8 Å². The number of nitrogens with one attached hydrogen (secondary N) is 1. The number of rotatable bonds is 8. The summed E-state index contributed by atoms with van der Waals surface area (Å²) in [6, 6.07) is 10.9. The summed E-state index contributed by atoms with van der Waals surface area (Å²) in [5.41, 5.74) is 1.68. The lowest BCUT2D eigenvalue weighted by Gasteiger charge is -2.31. The van der Waals surface area contributed by atoms with Gasteiger partial charge in [-0.2, -0.15) is 0 Å². The Morgan fingerprint density at radius 3 is 2.32 bits per heavy atom. The van der Waals surface area contributed by atoms with Crippen LogP contribution in [-0.2, 0) is 26.2 Å². The number of hydrogen-bond donors (Lipinski definition) is 1. The number of carbonyl (C=O) groups excluding carboxylic acids is 2. The highest BCUT2D eigenvalue weighted by atomic mass is 35.5. The van der Waals surface area contributed by atoms with E-state index in [1.54, 1.807) is 56.3 Å². The van der Waals surface area contributed by atoms with E-state index in [2.05, 4.69) is 5.32 Å². The van der Waals surface area contributed by atoms with Gasteiger partial charge in [-0.15, -0.1) is 0 Å². The van der Waals surface area contributed by atoms with E-state index in [4.69, 9.17) is 23.2 Å². The standard InChI is InChI=1S/C21H25Cl2N3O4S/c1-14-7-5-6-8-19(14)26(31(4,29)30)13-20(27)25(15(2)21(28)24-3)12-16-9-10-17(22)11-18(16)23/h5-11,15H,12-13H2,1-4H3,(H,24,28)/t15-/m1/s1. The van der Waals surface area contributed by atoms with Crippen LogP contribution in [0.25, 0.3) is 0 Å².